The second kappa shape index (κ2) is 8.61. The maximum absolute atomic E-state index is 13.0. The van der Waals surface area contributed by atoms with Crippen molar-refractivity contribution in [2.24, 2.45) is 11.7 Å². The molecule has 0 spiro atoms. The first-order valence-corrected chi connectivity index (χ1v) is 9.32. The number of carbonyl (C=O) groups excluding carboxylic acids is 2. The lowest BCUT2D eigenvalue weighted by molar-refractivity contribution is -0.128. The Morgan fingerprint density at radius 2 is 1.86 bits per heavy atom. The van der Waals surface area contributed by atoms with Crippen LogP contribution in [-0.4, -0.2) is 25.5 Å². The fourth-order valence-electron chi connectivity index (χ4n) is 3.36. The standard InChI is InChI=1S/C22H25N3O3/c1-15(2)22(27)25-13-16-7-3-4-8-17(16)20(23)21(24-11-12-28-14-26)18-9-5-6-10-19(18)25/h3-10,14-15,24H,11-13,23H2,1-2H3/b21-20-. The summed E-state index contributed by atoms with van der Waals surface area (Å²) in [6.07, 6.45) is 0. The number of benzene rings is 2. The average Bonchev–Trinajstić information content (AvgIpc) is 2.71. The van der Waals surface area contributed by atoms with E-state index in [9.17, 15) is 9.59 Å². The molecule has 3 rings (SSSR count). The normalized spacial score (nSPS) is 15.9. The van der Waals surface area contributed by atoms with Gasteiger partial charge in [-0.3, -0.25) is 9.59 Å². The number of ether oxygens (including phenoxy) is 1. The molecule has 0 unspecified atom stereocenters. The summed E-state index contributed by atoms with van der Waals surface area (Å²) in [7, 11) is 0. The third-order valence-corrected chi connectivity index (χ3v) is 4.72. The molecular formula is C22H25N3O3. The monoisotopic (exact) mass is 379 g/mol. The van der Waals surface area contributed by atoms with Crippen LogP contribution in [0, 0.1) is 5.92 Å². The SMILES string of the molecule is CC(C)C(=O)N1Cc2ccccc2/C(N)=C(/NCCOC=O)c2ccccc21. The molecule has 1 amide bonds. The Balaban J connectivity index is 2.17. The Hall–Kier alpha value is -3.28. The first-order valence-electron chi connectivity index (χ1n) is 9.32. The van der Waals surface area contributed by atoms with Crippen LogP contribution >= 0.6 is 0 Å². The van der Waals surface area contributed by atoms with Crippen molar-refractivity contribution in [3.05, 3.63) is 65.2 Å². The summed E-state index contributed by atoms with van der Waals surface area (Å²) in [6.45, 7) is 5.30. The van der Waals surface area contributed by atoms with E-state index in [0.29, 0.717) is 25.3 Å². The van der Waals surface area contributed by atoms with Gasteiger partial charge in [-0.1, -0.05) is 56.3 Å². The molecule has 6 heteroatoms. The fraction of sp³-hybridized carbons (Fsp3) is 0.273. The topological polar surface area (TPSA) is 84.7 Å². The summed E-state index contributed by atoms with van der Waals surface area (Å²) >= 11 is 0. The van der Waals surface area contributed by atoms with Crippen LogP contribution in [0.1, 0.15) is 30.5 Å². The van der Waals surface area contributed by atoms with Crippen molar-refractivity contribution in [1.82, 2.24) is 5.32 Å². The molecule has 0 bridgehead atoms. The molecule has 1 aliphatic heterocycles. The van der Waals surface area contributed by atoms with Gasteiger partial charge >= 0.3 is 0 Å². The van der Waals surface area contributed by atoms with Crippen LogP contribution in [0.3, 0.4) is 0 Å². The van der Waals surface area contributed by atoms with Gasteiger partial charge in [0.05, 0.1) is 23.6 Å². The van der Waals surface area contributed by atoms with Crippen molar-refractivity contribution in [2.75, 3.05) is 18.1 Å². The minimum atomic E-state index is -0.140. The highest BCUT2D eigenvalue weighted by Gasteiger charge is 2.27. The molecule has 1 aliphatic rings. The van der Waals surface area contributed by atoms with Gasteiger partial charge in [0, 0.05) is 23.6 Å². The number of para-hydroxylation sites is 1. The molecule has 1 heterocycles. The van der Waals surface area contributed by atoms with E-state index in [2.05, 4.69) is 5.32 Å². The van der Waals surface area contributed by atoms with E-state index in [1.54, 1.807) is 0 Å². The zero-order chi connectivity index (χ0) is 20.1. The Morgan fingerprint density at radius 1 is 1.18 bits per heavy atom. The van der Waals surface area contributed by atoms with Gasteiger partial charge in [0.2, 0.25) is 5.91 Å². The molecule has 0 fully saturated rings. The lowest BCUT2D eigenvalue weighted by atomic mass is 9.95. The van der Waals surface area contributed by atoms with Gasteiger partial charge in [-0.25, -0.2) is 0 Å². The van der Waals surface area contributed by atoms with Crippen LogP contribution in [-0.2, 0) is 20.9 Å². The third-order valence-electron chi connectivity index (χ3n) is 4.72. The van der Waals surface area contributed by atoms with Crippen LogP contribution in [0.2, 0.25) is 0 Å². The Bertz CT molecular complexity index is 905. The lowest BCUT2D eigenvalue weighted by Gasteiger charge is -2.31. The minimum Gasteiger partial charge on any atom is -0.466 e. The maximum Gasteiger partial charge on any atom is 0.293 e. The van der Waals surface area contributed by atoms with Crippen LogP contribution < -0.4 is 16.0 Å². The number of nitrogens with zero attached hydrogens (tertiary/aromatic N) is 1. The van der Waals surface area contributed by atoms with Gasteiger partial charge in [0.1, 0.15) is 6.61 Å². The first kappa shape index (κ1) is 19.5. The van der Waals surface area contributed by atoms with E-state index in [4.69, 9.17) is 10.5 Å². The number of fused-ring (bicyclic) bond motifs is 2. The molecule has 28 heavy (non-hydrogen) atoms. The summed E-state index contributed by atoms with van der Waals surface area (Å²) in [5, 5.41) is 3.29. The lowest BCUT2D eigenvalue weighted by Crippen LogP contribution is -2.36. The second-order valence-corrected chi connectivity index (χ2v) is 6.94. The molecule has 0 atom stereocenters. The summed E-state index contributed by atoms with van der Waals surface area (Å²) in [5.74, 6) is -0.0928. The largest absolute Gasteiger partial charge is 0.466 e. The maximum atomic E-state index is 13.0. The summed E-state index contributed by atoms with van der Waals surface area (Å²) in [6, 6.07) is 15.5. The molecular weight excluding hydrogens is 354 g/mol. The molecule has 0 radical (unpaired) electrons. The van der Waals surface area contributed by atoms with Gasteiger partial charge in [-0.15, -0.1) is 0 Å². The van der Waals surface area contributed by atoms with Gasteiger partial charge in [0.15, 0.2) is 0 Å². The minimum absolute atomic E-state index is 0.0476. The molecule has 2 aromatic rings. The van der Waals surface area contributed by atoms with Crippen LogP contribution in [0.15, 0.2) is 48.5 Å². The van der Waals surface area contributed by atoms with Crippen molar-refractivity contribution in [3.8, 4) is 0 Å². The van der Waals surface area contributed by atoms with Crippen LogP contribution in [0.4, 0.5) is 5.69 Å². The van der Waals surface area contributed by atoms with Gasteiger partial charge in [-0.05, 0) is 11.6 Å². The zero-order valence-corrected chi connectivity index (χ0v) is 16.1. The summed E-state index contributed by atoms with van der Waals surface area (Å²) in [5.41, 5.74) is 11.4. The molecule has 2 aromatic carbocycles. The molecule has 146 valence electrons. The highest BCUT2D eigenvalue weighted by Crippen LogP contribution is 2.35. The second-order valence-electron chi connectivity index (χ2n) is 6.94. The van der Waals surface area contributed by atoms with Crippen LogP contribution in [0.5, 0.6) is 0 Å². The number of nitrogens with two attached hydrogens (primary N) is 1. The van der Waals surface area contributed by atoms with Gasteiger partial charge in [-0.2, -0.15) is 0 Å². The van der Waals surface area contributed by atoms with Gasteiger partial charge < -0.3 is 20.7 Å². The molecule has 0 saturated carbocycles. The number of hydrogen-bond donors (Lipinski definition) is 2. The van der Waals surface area contributed by atoms with Crippen molar-refractivity contribution in [2.45, 2.75) is 20.4 Å². The first-order chi connectivity index (χ1) is 13.5. The summed E-state index contributed by atoms with van der Waals surface area (Å²) in [4.78, 5) is 25.3. The zero-order valence-electron chi connectivity index (χ0n) is 16.1. The van der Waals surface area contributed by atoms with Crippen LogP contribution in [0.25, 0.3) is 11.4 Å². The van der Waals surface area contributed by atoms with Crippen molar-refractivity contribution >= 4 is 29.5 Å². The predicted octanol–water partition coefficient (Wildman–Crippen LogP) is 2.74. The highest BCUT2D eigenvalue weighted by atomic mass is 16.5. The van der Waals surface area contributed by atoms with Crippen molar-refractivity contribution < 1.29 is 14.3 Å². The van der Waals surface area contributed by atoms with E-state index >= 15 is 0 Å². The van der Waals surface area contributed by atoms with Crippen molar-refractivity contribution in [1.29, 1.82) is 0 Å². The van der Waals surface area contributed by atoms with E-state index in [1.165, 1.54) is 0 Å². The fourth-order valence-corrected chi connectivity index (χ4v) is 3.36. The molecule has 3 N–H and O–H groups in total. The smallest absolute Gasteiger partial charge is 0.293 e. The van der Waals surface area contributed by atoms with Gasteiger partial charge in [0.25, 0.3) is 6.47 Å². The number of anilines is 1. The number of nitrogens with one attached hydrogen (secondary N) is 1. The summed E-state index contributed by atoms with van der Waals surface area (Å²) < 4.78 is 4.79. The van der Waals surface area contributed by atoms with Crippen molar-refractivity contribution in [3.63, 3.8) is 0 Å². The Kier molecular flexibility index (Phi) is 5.99. The number of carbonyl (C=O) groups is 2. The van der Waals surface area contributed by atoms with E-state index < -0.39 is 0 Å². The number of hydrogen-bond acceptors (Lipinski definition) is 5. The molecule has 6 nitrogen and oxygen atoms in total. The quantitative estimate of drug-likeness (QED) is 0.595. The molecule has 0 aromatic heterocycles. The third kappa shape index (κ3) is 3.86. The molecule has 0 aliphatic carbocycles. The Morgan fingerprint density at radius 3 is 2.57 bits per heavy atom. The Labute approximate surface area is 165 Å². The predicted molar refractivity (Wildman–Crippen MR) is 110 cm³/mol. The average molecular weight is 379 g/mol. The van der Waals surface area contributed by atoms with E-state index in [0.717, 1.165) is 28.1 Å². The highest BCUT2D eigenvalue weighted by molar-refractivity contribution is 6.01. The number of amides is 1. The molecule has 0 saturated heterocycles. The van der Waals surface area contributed by atoms with E-state index in [-0.39, 0.29) is 18.4 Å². The van der Waals surface area contributed by atoms with E-state index in [1.807, 2.05) is 67.3 Å². The number of rotatable bonds is 6.